The lowest BCUT2D eigenvalue weighted by atomic mass is 10.1. The minimum Gasteiger partial charge on any atom is -0.354 e. The second-order valence-electron chi connectivity index (χ2n) is 5.00. The molecule has 20 heavy (non-hydrogen) atoms. The zero-order chi connectivity index (χ0) is 14.2. The smallest absolute Gasteiger partial charge is 0.153 e. The lowest BCUT2D eigenvalue weighted by Gasteiger charge is -2.29. The second kappa shape index (κ2) is 5.03. The molecule has 2 heterocycles. The fourth-order valence-electron chi connectivity index (χ4n) is 2.58. The van der Waals surface area contributed by atoms with E-state index < -0.39 is 9.84 Å². The van der Waals surface area contributed by atoms with Crippen molar-refractivity contribution in [2.45, 2.75) is 6.54 Å². The van der Waals surface area contributed by atoms with Gasteiger partial charge in [-0.15, -0.1) is 0 Å². The van der Waals surface area contributed by atoms with Gasteiger partial charge in [-0.3, -0.25) is 0 Å². The molecular formula is C14H17N3O2S. The SMILES string of the molecule is NCc1cnc(N2CCS(=O)(=O)CC2)c2ccccc12. The highest BCUT2D eigenvalue weighted by Crippen LogP contribution is 2.27. The largest absolute Gasteiger partial charge is 0.354 e. The summed E-state index contributed by atoms with van der Waals surface area (Å²) in [4.78, 5) is 6.55. The van der Waals surface area contributed by atoms with Crippen molar-refractivity contribution in [1.82, 2.24) is 4.98 Å². The molecule has 106 valence electrons. The van der Waals surface area contributed by atoms with Gasteiger partial charge in [0.25, 0.3) is 0 Å². The Kier molecular flexibility index (Phi) is 3.35. The summed E-state index contributed by atoms with van der Waals surface area (Å²) in [6.07, 6.45) is 1.79. The third-order valence-electron chi connectivity index (χ3n) is 3.72. The van der Waals surface area contributed by atoms with E-state index in [4.69, 9.17) is 5.73 Å². The van der Waals surface area contributed by atoms with E-state index in [0.29, 0.717) is 19.6 Å². The average Bonchev–Trinajstić information content (AvgIpc) is 2.46. The molecule has 1 aliphatic heterocycles. The van der Waals surface area contributed by atoms with Crippen molar-refractivity contribution in [2.24, 2.45) is 5.73 Å². The van der Waals surface area contributed by atoms with Gasteiger partial charge in [0, 0.05) is 31.2 Å². The van der Waals surface area contributed by atoms with E-state index in [2.05, 4.69) is 4.98 Å². The number of hydrogen-bond acceptors (Lipinski definition) is 5. The summed E-state index contributed by atoms with van der Waals surface area (Å²) < 4.78 is 23.1. The van der Waals surface area contributed by atoms with E-state index in [-0.39, 0.29) is 11.5 Å². The Balaban J connectivity index is 2.05. The van der Waals surface area contributed by atoms with Crippen LogP contribution in [0.25, 0.3) is 10.8 Å². The Morgan fingerprint density at radius 3 is 2.45 bits per heavy atom. The van der Waals surface area contributed by atoms with Crippen molar-refractivity contribution < 1.29 is 8.42 Å². The summed E-state index contributed by atoms with van der Waals surface area (Å²) in [5.74, 6) is 1.25. The third-order valence-corrected chi connectivity index (χ3v) is 5.33. The van der Waals surface area contributed by atoms with E-state index in [1.165, 1.54) is 0 Å². The fourth-order valence-corrected chi connectivity index (χ4v) is 3.78. The van der Waals surface area contributed by atoms with Gasteiger partial charge in [0.2, 0.25) is 0 Å². The summed E-state index contributed by atoms with van der Waals surface area (Å²) in [6, 6.07) is 7.99. The number of sulfone groups is 1. The first kappa shape index (κ1) is 13.3. The molecule has 0 spiro atoms. The molecule has 0 saturated carbocycles. The third kappa shape index (κ3) is 2.36. The average molecular weight is 291 g/mol. The Morgan fingerprint density at radius 1 is 1.15 bits per heavy atom. The monoisotopic (exact) mass is 291 g/mol. The maximum atomic E-state index is 11.5. The maximum absolute atomic E-state index is 11.5. The topological polar surface area (TPSA) is 76.3 Å². The molecule has 5 nitrogen and oxygen atoms in total. The summed E-state index contributed by atoms with van der Waals surface area (Å²) >= 11 is 0. The van der Waals surface area contributed by atoms with E-state index >= 15 is 0 Å². The van der Waals surface area contributed by atoms with Gasteiger partial charge >= 0.3 is 0 Å². The van der Waals surface area contributed by atoms with Crippen LogP contribution in [0.2, 0.25) is 0 Å². The van der Waals surface area contributed by atoms with E-state index in [1.54, 1.807) is 6.20 Å². The Bertz CT molecular complexity index is 729. The summed E-state index contributed by atoms with van der Waals surface area (Å²) in [5.41, 5.74) is 6.76. The number of rotatable bonds is 2. The molecular weight excluding hydrogens is 274 g/mol. The minimum absolute atomic E-state index is 0.196. The number of anilines is 1. The van der Waals surface area contributed by atoms with Crippen molar-refractivity contribution in [3.8, 4) is 0 Å². The first-order valence-corrected chi connectivity index (χ1v) is 8.45. The highest BCUT2D eigenvalue weighted by atomic mass is 32.2. The molecule has 1 aliphatic rings. The van der Waals surface area contributed by atoms with Gasteiger partial charge < -0.3 is 10.6 Å². The Morgan fingerprint density at radius 2 is 1.80 bits per heavy atom. The molecule has 0 atom stereocenters. The van der Waals surface area contributed by atoms with Gasteiger partial charge in [-0.1, -0.05) is 24.3 Å². The van der Waals surface area contributed by atoms with Gasteiger partial charge in [0.1, 0.15) is 5.82 Å². The number of nitrogens with two attached hydrogens (primary N) is 1. The summed E-state index contributed by atoms with van der Waals surface area (Å²) in [7, 11) is -2.88. The number of fused-ring (bicyclic) bond motifs is 1. The van der Waals surface area contributed by atoms with Crippen LogP contribution in [0.3, 0.4) is 0 Å². The van der Waals surface area contributed by atoms with Gasteiger partial charge in [0.05, 0.1) is 11.5 Å². The Hall–Kier alpha value is -1.66. The van der Waals surface area contributed by atoms with Crippen LogP contribution in [-0.2, 0) is 16.4 Å². The van der Waals surface area contributed by atoms with Crippen LogP contribution in [0.5, 0.6) is 0 Å². The quantitative estimate of drug-likeness (QED) is 0.890. The fraction of sp³-hybridized carbons (Fsp3) is 0.357. The number of aromatic nitrogens is 1. The van der Waals surface area contributed by atoms with Gasteiger partial charge in [-0.05, 0) is 10.9 Å². The lowest BCUT2D eigenvalue weighted by Crippen LogP contribution is -2.40. The Labute approximate surface area is 118 Å². The van der Waals surface area contributed by atoms with Gasteiger partial charge in [0.15, 0.2) is 9.84 Å². The highest BCUT2D eigenvalue weighted by Gasteiger charge is 2.23. The molecule has 0 bridgehead atoms. The van der Waals surface area contributed by atoms with Crippen molar-refractivity contribution in [3.05, 3.63) is 36.0 Å². The number of hydrogen-bond donors (Lipinski definition) is 1. The van der Waals surface area contributed by atoms with Crippen molar-refractivity contribution in [2.75, 3.05) is 29.5 Å². The molecule has 2 aromatic rings. The minimum atomic E-state index is -2.88. The molecule has 0 aliphatic carbocycles. The molecule has 1 aromatic heterocycles. The standard InChI is InChI=1S/C14H17N3O2S/c15-9-11-10-16-14(13-4-2-1-3-12(11)13)17-5-7-20(18,19)8-6-17/h1-4,10H,5-9,15H2. The molecule has 0 unspecified atom stereocenters. The van der Waals surface area contributed by atoms with Crippen LogP contribution < -0.4 is 10.6 Å². The number of benzene rings is 1. The molecule has 0 amide bonds. The van der Waals surface area contributed by atoms with Crippen molar-refractivity contribution in [3.63, 3.8) is 0 Å². The van der Waals surface area contributed by atoms with Gasteiger partial charge in [-0.25, -0.2) is 13.4 Å². The van der Waals surface area contributed by atoms with Crippen LogP contribution in [0.1, 0.15) is 5.56 Å². The molecule has 1 saturated heterocycles. The maximum Gasteiger partial charge on any atom is 0.153 e. The molecule has 0 radical (unpaired) electrons. The zero-order valence-corrected chi connectivity index (χ0v) is 11.9. The van der Waals surface area contributed by atoms with Crippen LogP contribution in [-0.4, -0.2) is 38.0 Å². The highest BCUT2D eigenvalue weighted by molar-refractivity contribution is 7.91. The van der Waals surface area contributed by atoms with E-state index in [0.717, 1.165) is 22.2 Å². The molecule has 3 rings (SSSR count). The van der Waals surface area contributed by atoms with Crippen molar-refractivity contribution >= 4 is 26.4 Å². The summed E-state index contributed by atoms with van der Waals surface area (Å²) in [6.45, 7) is 1.45. The first-order chi connectivity index (χ1) is 9.61. The van der Waals surface area contributed by atoms with E-state index in [1.807, 2.05) is 29.2 Å². The van der Waals surface area contributed by atoms with Crippen LogP contribution >= 0.6 is 0 Å². The van der Waals surface area contributed by atoms with Gasteiger partial charge in [-0.2, -0.15) is 0 Å². The second-order valence-corrected chi connectivity index (χ2v) is 7.30. The zero-order valence-electron chi connectivity index (χ0n) is 11.1. The van der Waals surface area contributed by atoms with Crippen LogP contribution in [0, 0.1) is 0 Å². The number of pyridine rings is 1. The first-order valence-electron chi connectivity index (χ1n) is 6.63. The van der Waals surface area contributed by atoms with Crippen LogP contribution in [0.15, 0.2) is 30.5 Å². The number of nitrogens with zero attached hydrogens (tertiary/aromatic N) is 2. The molecule has 1 aromatic carbocycles. The molecule has 2 N–H and O–H groups in total. The van der Waals surface area contributed by atoms with E-state index in [9.17, 15) is 8.42 Å². The predicted molar refractivity (Wildman–Crippen MR) is 80.5 cm³/mol. The van der Waals surface area contributed by atoms with Crippen molar-refractivity contribution in [1.29, 1.82) is 0 Å². The van der Waals surface area contributed by atoms with Crippen LogP contribution in [0.4, 0.5) is 5.82 Å². The normalized spacial score (nSPS) is 18.4. The predicted octanol–water partition coefficient (Wildman–Crippen LogP) is 0.928. The summed E-state index contributed by atoms with van der Waals surface area (Å²) in [5, 5.41) is 2.13. The lowest BCUT2D eigenvalue weighted by molar-refractivity contribution is 0.586. The molecule has 6 heteroatoms. The molecule has 1 fully saturated rings.